The number of allylic oxidation sites excluding steroid dienone is 3. The van der Waals surface area contributed by atoms with Gasteiger partial charge >= 0.3 is 11.9 Å². The van der Waals surface area contributed by atoms with Crippen LogP contribution in [0.25, 0.3) is 0 Å². The second-order valence-electron chi connectivity index (χ2n) is 2.57. The van der Waals surface area contributed by atoms with Crippen LogP contribution in [-0.2, 0) is 19.1 Å². The van der Waals surface area contributed by atoms with E-state index in [0.29, 0.717) is 0 Å². The first kappa shape index (κ1) is 13.9. The fraction of sp³-hybridized carbons (Fsp3) is 0.167. The highest BCUT2D eigenvalue weighted by Gasteiger charge is 2.07. The normalized spacial score (nSPS) is 9.31. The van der Waals surface area contributed by atoms with Crippen molar-refractivity contribution in [2.75, 3.05) is 0 Å². The summed E-state index contributed by atoms with van der Waals surface area (Å²) in [6.45, 7) is 8.40. The Labute approximate surface area is 94.5 Å². The molecule has 0 aliphatic carbocycles. The molecule has 0 bridgehead atoms. The molecule has 16 heavy (non-hydrogen) atoms. The molecule has 0 aromatic rings. The van der Waals surface area contributed by atoms with Crippen LogP contribution >= 0.6 is 0 Å². The van der Waals surface area contributed by atoms with E-state index in [1.807, 2.05) is 13.0 Å². The van der Waals surface area contributed by atoms with Crippen molar-refractivity contribution in [2.24, 2.45) is 0 Å². The third kappa shape index (κ3) is 6.37. The van der Waals surface area contributed by atoms with Crippen LogP contribution in [-0.4, -0.2) is 11.9 Å². The molecular weight excluding hydrogens is 208 g/mol. The molecule has 4 heteroatoms. The molecule has 0 radical (unpaired) electrons. The largest absolute Gasteiger partial charge is 0.389 e. The second-order valence-corrected chi connectivity index (χ2v) is 2.57. The van der Waals surface area contributed by atoms with Crippen molar-refractivity contribution in [3.8, 4) is 0 Å². The molecule has 4 nitrogen and oxygen atoms in total. The van der Waals surface area contributed by atoms with Crippen molar-refractivity contribution in [2.45, 2.75) is 13.3 Å². The highest BCUT2D eigenvalue weighted by molar-refractivity contribution is 5.84. The van der Waals surface area contributed by atoms with Crippen molar-refractivity contribution in [3.63, 3.8) is 0 Å². The van der Waals surface area contributed by atoms with Gasteiger partial charge in [0.25, 0.3) is 5.95 Å². The lowest BCUT2D eigenvalue weighted by molar-refractivity contribution is -0.147. The molecule has 0 unspecified atom stereocenters. The second kappa shape index (κ2) is 8.23. The minimum Gasteiger partial charge on any atom is -0.389 e. The zero-order chi connectivity index (χ0) is 12.4. The third-order valence-corrected chi connectivity index (χ3v) is 1.34. The SMILES string of the molecule is C=CC(=O)OC(=CC=CCC)OC(=O)C=C. The maximum atomic E-state index is 10.9. The van der Waals surface area contributed by atoms with Gasteiger partial charge in [0.05, 0.1) is 0 Å². The molecular formula is C12H14O4. The molecule has 0 aliphatic heterocycles. The molecule has 86 valence electrons. The van der Waals surface area contributed by atoms with Crippen LogP contribution in [0.1, 0.15) is 13.3 Å². The molecule has 0 rings (SSSR count). The van der Waals surface area contributed by atoms with Gasteiger partial charge in [-0.2, -0.15) is 0 Å². The Morgan fingerprint density at radius 3 is 2.00 bits per heavy atom. The van der Waals surface area contributed by atoms with Gasteiger partial charge < -0.3 is 9.47 Å². The Kier molecular flexibility index (Phi) is 7.15. The summed E-state index contributed by atoms with van der Waals surface area (Å²) < 4.78 is 9.36. The summed E-state index contributed by atoms with van der Waals surface area (Å²) in [5, 5.41) is 0. The Hall–Kier alpha value is -2.10. The zero-order valence-corrected chi connectivity index (χ0v) is 9.14. The van der Waals surface area contributed by atoms with E-state index in [0.717, 1.165) is 18.6 Å². The minimum atomic E-state index is -0.701. The first-order valence-corrected chi connectivity index (χ1v) is 4.69. The van der Waals surface area contributed by atoms with Gasteiger partial charge in [-0.1, -0.05) is 32.2 Å². The topological polar surface area (TPSA) is 52.6 Å². The summed E-state index contributed by atoms with van der Waals surface area (Å²) in [5.74, 6) is -1.61. The monoisotopic (exact) mass is 222 g/mol. The van der Waals surface area contributed by atoms with Crippen molar-refractivity contribution in [3.05, 3.63) is 49.5 Å². The fourth-order valence-electron chi connectivity index (χ4n) is 0.653. The van der Waals surface area contributed by atoms with Gasteiger partial charge in [0, 0.05) is 18.2 Å². The maximum Gasteiger partial charge on any atom is 0.337 e. The minimum absolute atomic E-state index is 0.209. The van der Waals surface area contributed by atoms with E-state index < -0.39 is 11.9 Å². The molecule has 0 fully saturated rings. The Balaban J connectivity index is 4.61. The number of hydrogen-bond acceptors (Lipinski definition) is 4. The van der Waals surface area contributed by atoms with E-state index in [1.54, 1.807) is 6.08 Å². The van der Waals surface area contributed by atoms with Crippen LogP contribution in [0.5, 0.6) is 0 Å². The van der Waals surface area contributed by atoms with Gasteiger partial charge in [0.2, 0.25) is 0 Å². The molecule has 0 heterocycles. The fourth-order valence-corrected chi connectivity index (χ4v) is 0.653. The van der Waals surface area contributed by atoms with Crippen LogP contribution in [0.2, 0.25) is 0 Å². The standard InChI is InChI=1S/C12H14O4/c1-4-7-8-9-12(15-10(13)5-2)16-11(14)6-3/h5-9H,2-4H2,1H3. The number of hydrogen-bond donors (Lipinski definition) is 0. The molecule has 0 aromatic heterocycles. The van der Waals surface area contributed by atoms with Crippen LogP contribution in [0.3, 0.4) is 0 Å². The molecule has 0 aliphatic rings. The van der Waals surface area contributed by atoms with Crippen molar-refractivity contribution < 1.29 is 19.1 Å². The summed E-state index contributed by atoms with van der Waals surface area (Å²) in [5.41, 5.74) is 0. The summed E-state index contributed by atoms with van der Waals surface area (Å²) in [7, 11) is 0. The molecule has 0 aromatic carbocycles. The lowest BCUT2D eigenvalue weighted by atomic mass is 10.4. The Morgan fingerprint density at radius 1 is 1.12 bits per heavy atom. The molecule has 0 amide bonds. The molecule has 0 N–H and O–H groups in total. The predicted molar refractivity (Wildman–Crippen MR) is 60.1 cm³/mol. The van der Waals surface area contributed by atoms with E-state index in [1.165, 1.54) is 6.08 Å². The van der Waals surface area contributed by atoms with E-state index in [4.69, 9.17) is 0 Å². The van der Waals surface area contributed by atoms with Crippen LogP contribution in [0.15, 0.2) is 49.5 Å². The van der Waals surface area contributed by atoms with Crippen molar-refractivity contribution in [1.82, 2.24) is 0 Å². The van der Waals surface area contributed by atoms with Crippen LogP contribution in [0, 0.1) is 0 Å². The Bertz CT molecular complexity index is 313. The van der Waals surface area contributed by atoms with Gasteiger partial charge in [-0.25, -0.2) is 9.59 Å². The third-order valence-electron chi connectivity index (χ3n) is 1.34. The average Bonchev–Trinajstić information content (AvgIpc) is 2.28. The van der Waals surface area contributed by atoms with Gasteiger partial charge in [0.15, 0.2) is 0 Å². The first-order valence-electron chi connectivity index (χ1n) is 4.69. The van der Waals surface area contributed by atoms with E-state index in [-0.39, 0.29) is 5.95 Å². The Morgan fingerprint density at radius 2 is 1.62 bits per heavy atom. The predicted octanol–water partition coefficient (Wildman–Crippen LogP) is 2.25. The number of rotatable bonds is 6. The number of carbonyl (C=O) groups is 2. The van der Waals surface area contributed by atoms with Gasteiger partial charge in [0.1, 0.15) is 0 Å². The van der Waals surface area contributed by atoms with Gasteiger partial charge in [-0.15, -0.1) is 0 Å². The molecule has 0 spiro atoms. The average molecular weight is 222 g/mol. The summed E-state index contributed by atoms with van der Waals surface area (Å²) in [6, 6.07) is 0. The first-order chi connectivity index (χ1) is 7.63. The summed E-state index contributed by atoms with van der Waals surface area (Å²) in [6.07, 6.45) is 7.55. The van der Waals surface area contributed by atoms with Gasteiger partial charge in [-0.05, 0) is 6.42 Å². The van der Waals surface area contributed by atoms with Crippen LogP contribution in [0.4, 0.5) is 0 Å². The molecule has 0 atom stereocenters. The van der Waals surface area contributed by atoms with E-state index >= 15 is 0 Å². The zero-order valence-electron chi connectivity index (χ0n) is 9.14. The molecule has 0 saturated carbocycles. The van der Waals surface area contributed by atoms with Gasteiger partial charge in [-0.3, -0.25) is 0 Å². The molecule has 0 saturated heterocycles. The van der Waals surface area contributed by atoms with E-state index in [9.17, 15) is 9.59 Å². The number of ether oxygens (including phenoxy) is 2. The van der Waals surface area contributed by atoms with Crippen molar-refractivity contribution >= 4 is 11.9 Å². The summed E-state index contributed by atoms with van der Waals surface area (Å²) in [4.78, 5) is 21.8. The van der Waals surface area contributed by atoms with Crippen molar-refractivity contribution in [1.29, 1.82) is 0 Å². The lowest BCUT2D eigenvalue weighted by Crippen LogP contribution is -2.07. The summed E-state index contributed by atoms with van der Waals surface area (Å²) >= 11 is 0. The highest BCUT2D eigenvalue weighted by Crippen LogP contribution is 2.03. The number of esters is 2. The number of carbonyl (C=O) groups excluding carboxylic acids is 2. The quantitative estimate of drug-likeness (QED) is 0.299. The smallest absolute Gasteiger partial charge is 0.337 e. The van der Waals surface area contributed by atoms with E-state index in [2.05, 4.69) is 22.6 Å². The lowest BCUT2D eigenvalue weighted by Gasteiger charge is -2.04. The highest BCUT2D eigenvalue weighted by atomic mass is 16.7. The van der Waals surface area contributed by atoms with Crippen LogP contribution < -0.4 is 0 Å². The maximum absolute atomic E-state index is 10.9.